The van der Waals surface area contributed by atoms with Crippen molar-refractivity contribution < 1.29 is 4.74 Å². The van der Waals surface area contributed by atoms with Gasteiger partial charge in [0.25, 0.3) is 0 Å². The molecule has 0 radical (unpaired) electrons. The van der Waals surface area contributed by atoms with E-state index in [0.29, 0.717) is 0 Å². The highest BCUT2D eigenvalue weighted by molar-refractivity contribution is 5.63. The molecule has 31 heavy (non-hydrogen) atoms. The molecule has 0 saturated carbocycles. The molecule has 1 fully saturated rings. The molecular formula is C26H32N4O. The van der Waals surface area contributed by atoms with Gasteiger partial charge in [-0.1, -0.05) is 36.4 Å². The van der Waals surface area contributed by atoms with E-state index >= 15 is 0 Å². The van der Waals surface area contributed by atoms with E-state index in [4.69, 9.17) is 9.72 Å². The zero-order valence-electron chi connectivity index (χ0n) is 18.8. The number of imidazole rings is 1. The van der Waals surface area contributed by atoms with Gasteiger partial charge in [0.15, 0.2) is 0 Å². The van der Waals surface area contributed by atoms with Crippen molar-refractivity contribution in [2.45, 2.75) is 38.0 Å². The second-order valence-corrected chi connectivity index (χ2v) is 9.09. The lowest BCUT2D eigenvalue weighted by molar-refractivity contribution is -0.0275. The topological polar surface area (TPSA) is 33.5 Å². The zero-order chi connectivity index (χ0) is 21.4. The predicted octanol–water partition coefficient (Wildman–Crippen LogP) is 4.37. The van der Waals surface area contributed by atoms with Crippen LogP contribution in [0.5, 0.6) is 0 Å². The number of aromatic nitrogens is 2. The summed E-state index contributed by atoms with van der Waals surface area (Å²) in [4.78, 5) is 9.64. The molecule has 2 aromatic carbocycles. The number of benzene rings is 2. The highest BCUT2D eigenvalue weighted by atomic mass is 16.5. The summed E-state index contributed by atoms with van der Waals surface area (Å²) in [6, 6.07) is 17.4. The molecule has 5 rings (SSSR count). The van der Waals surface area contributed by atoms with E-state index in [9.17, 15) is 0 Å². The highest BCUT2D eigenvalue weighted by Crippen LogP contribution is 2.36. The van der Waals surface area contributed by atoms with E-state index in [1.165, 1.54) is 16.8 Å². The first-order chi connectivity index (χ1) is 15.1. The normalized spacial score (nSPS) is 19.5. The van der Waals surface area contributed by atoms with Crippen LogP contribution in [0.3, 0.4) is 0 Å². The first-order valence-corrected chi connectivity index (χ1v) is 11.3. The summed E-state index contributed by atoms with van der Waals surface area (Å²) in [6.45, 7) is 3.12. The molecular weight excluding hydrogens is 384 g/mol. The second kappa shape index (κ2) is 8.48. The van der Waals surface area contributed by atoms with Crippen LogP contribution in [0.4, 0.5) is 5.69 Å². The van der Waals surface area contributed by atoms with Crippen LogP contribution in [0, 0.1) is 0 Å². The van der Waals surface area contributed by atoms with E-state index < -0.39 is 0 Å². The summed E-state index contributed by atoms with van der Waals surface area (Å²) in [7, 11) is 6.32. The average molecular weight is 417 g/mol. The molecule has 1 atom stereocenters. The summed E-state index contributed by atoms with van der Waals surface area (Å²) >= 11 is 0. The van der Waals surface area contributed by atoms with Crippen molar-refractivity contribution in [3.63, 3.8) is 0 Å². The van der Waals surface area contributed by atoms with Crippen LogP contribution in [0.25, 0.3) is 11.3 Å². The number of anilines is 1. The van der Waals surface area contributed by atoms with Crippen LogP contribution in [-0.2, 0) is 17.7 Å². The molecule has 1 saturated heterocycles. The summed E-state index contributed by atoms with van der Waals surface area (Å²) in [6.07, 6.45) is 5.54. The minimum Gasteiger partial charge on any atom is -0.378 e. The summed E-state index contributed by atoms with van der Waals surface area (Å²) < 4.78 is 9.11. The average Bonchev–Trinajstić information content (AvgIpc) is 3.16. The standard InChI is InChI=1S/C26H32N4O/c1-28(2)21-10-8-20(9-11-21)24-18-30-17-12-19-6-4-5-7-23(19)25(26(30)27-24)31-22-13-15-29(3)16-14-22/h4-11,18,22,25H,12-17H2,1-3H3. The Bertz CT molecular complexity index is 1030. The Morgan fingerprint density at radius 1 is 0.968 bits per heavy atom. The summed E-state index contributed by atoms with van der Waals surface area (Å²) in [5.41, 5.74) is 6.03. The molecule has 1 aromatic heterocycles. The van der Waals surface area contributed by atoms with E-state index in [1.807, 2.05) is 0 Å². The largest absolute Gasteiger partial charge is 0.378 e. The van der Waals surface area contributed by atoms with Gasteiger partial charge >= 0.3 is 0 Å². The lowest BCUT2D eigenvalue weighted by atomic mass is 10.00. The molecule has 3 heterocycles. The fourth-order valence-electron chi connectivity index (χ4n) is 4.73. The molecule has 0 amide bonds. The first-order valence-electron chi connectivity index (χ1n) is 11.3. The monoisotopic (exact) mass is 416 g/mol. The fourth-order valence-corrected chi connectivity index (χ4v) is 4.73. The number of hydrogen-bond donors (Lipinski definition) is 0. The molecule has 0 N–H and O–H groups in total. The van der Waals surface area contributed by atoms with Gasteiger partial charge in [-0.25, -0.2) is 4.98 Å². The minimum atomic E-state index is -0.109. The van der Waals surface area contributed by atoms with Crippen LogP contribution >= 0.6 is 0 Å². The fraction of sp³-hybridized carbons (Fsp3) is 0.423. The van der Waals surface area contributed by atoms with E-state index in [1.54, 1.807) is 0 Å². The molecule has 5 heteroatoms. The van der Waals surface area contributed by atoms with Crippen molar-refractivity contribution in [3.05, 3.63) is 71.7 Å². The maximum atomic E-state index is 6.80. The smallest absolute Gasteiger partial charge is 0.143 e. The maximum Gasteiger partial charge on any atom is 0.143 e. The van der Waals surface area contributed by atoms with E-state index in [-0.39, 0.29) is 12.2 Å². The number of nitrogens with zero attached hydrogens (tertiary/aromatic N) is 4. The summed E-state index contributed by atoms with van der Waals surface area (Å²) in [5, 5.41) is 0. The van der Waals surface area contributed by atoms with Gasteiger partial charge in [-0.2, -0.15) is 0 Å². The molecule has 5 nitrogen and oxygen atoms in total. The molecule has 162 valence electrons. The second-order valence-electron chi connectivity index (χ2n) is 9.09. The number of piperidine rings is 1. The Labute approximate surface area is 185 Å². The molecule has 2 aliphatic rings. The van der Waals surface area contributed by atoms with Gasteiger partial charge in [0.2, 0.25) is 0 Å². The van der Waals surface area contributed by atoms with Gasteiger partial charge in [-0.3, -0.25) is 0 Å². The van der Waals surface area contributed by atoms with Crippen LogP contribution in [-0.4, -0.2) is 54.8 Å². The molecule has 0 spiro atoms. The number of rotatable bonds is 4. The van der Waals surface area contributed by atoms with Gasteiger partial charge in [0.05, 0.1) is 11.8 Å². The Morgan fingerprint density at radius 3 is 2.45 bits per heavy atom. The number of likely N-dealkylation sites (tertiary alicyclic amines) is 1. The van der Waals surface area contributed by atoms with Gasteiger partial charge in [0.1, 0.15) is 11.9 Å². The number of aryl methyl sites for hydroxylation is 2. The van der Waals surface area contributed by atoms with Crippen LogP contribution in [0.1, 0.15) is 35.9 Å². The maximum absolute atomic E-state index is 6.80. The SMILES string of the molecule is CN1CCC(OC2c3ccccc3CCn3cc(-c4ccc(N(C)C)cc4)nc32)CC1. The van der Waals surface area contributed by atoms with Crippen molar-refractivity contribution in [1.29, 1.82) is 0 Å². The van der Waals surface area contributed by atoms with Crippen molar-refractivity contribution in [1.82, 2.24) is 14.5 Å². The molecule has 0 bridgehead atoms. The van der Waals surface area contributed by atoms with Crippen molar-refractivity contribution in [2.24, 2.45) is 0 Å². The first kappa shape index (κ1) is 20.3. The van der Waals surface area contributed by atoms with E-state index in [0.717, 1.165) is 56.0 Å². The Balaban J connectivity index is 1.50. The van der Waals surface area contributed by atoms with Crippen molar-refractivity contribution >= 4 is 5.69 Å². The Morgan fingerprint density at radius 2 is 1.71 bits per heavy atom. The summed E-state index contributed by atoms with van der Waals surface area (Å²) in [5.74, 6) is 1.04. The Kier molecular flexibility index (Phi) is 5.55. The van der Waals surface area contributed by atoms with Crippen molar-refractivity contribution in [2.75, 3.05) is 39.1 Å². The Hall–Kier alpha value is -2.63. The molecule has 1 unspecified atom stereocenters. The van der Waals surface area contributed by atoms with Crippen LogP contribution < -0.4 is 4.90 Å². The van der Waals surface area contributed by atoms with Gasteiger partial charge in [0, 0.05) is 51.2 Å². The highest BCUT2D eigenvalue weighted by Gasteiger charge is 2.30. The lowest BCUT2D eigenvalue weighted by Gasteiger charge is -2.32. The molecule has 0 aliphatic carbocycles. The third-order valence-corrected chi connectivity index (χ3v) is 6.68. The van der Waals surface area contributed by atoms with Gasteiger partial charge < -0.3 is 19.1 Å². The predicted molar refractivity (Wildman–Crippen MR) is 126 cm³/mol. The number of fused-ring (bicyclic) bond motifs is 2. The third-order valence-electron chi connectivity index (χ3n) is 6.68. The molecule has 2 aliphatic heterocycles. The number of ether oxygens (including phenoxy) is 1. The number of hydrogen-bond acceptors (Lipinski definition) is 4. The minimum absolute atomic E-state index is 0.109. The van der Waals surface area contributed by atoms with E-state index in [2.05, 4.69) is 90.2 Å². The van der Waals surface area contributed by atoms with Crippen molar-refractivity contribution in [3.8, 4) is 11.3 Å². The zero-order valence-corrected chi connectivity index (χ0v) is 18.8. The van der Waals surface area contributed by atoms with Gasteiger partial charge in [-0.05, 0) is 49.6 Å². The molecule has 3 aromatic rings. The van der Waals surface area contributed by atoms with Crippen LogP contribution in [0.15, 0.2) is 54.7 Å². The third kappa shape index (κ3) is 4.12. The lowest BCUT2D eigenvalue weighted by Crippen LogP contribution is -2.35. The van der Waals surface area contributed by atoms with Gasteiger partial charge in [-0.15, -0.1) is 0 Å². The van der Waals surface area contributed by atoms with Crippen LogP contribution in [0.2, 0.25) is 0 Å². The quantitative estimate of drug-likeness (QED) is 0.632.